The molecule has 2 rings (SSSR count). The van der Waals surface area contributed by atoms with Gasteiger partial charge in [0.2, 0.25) is 0 Å². The Kier molecular flexibility index (Phi) is 5.63. The molecule has 6 nitrogen and oxygen atoms in total. The number of likely N-dealkylation sites (N-methyl/N-ethyl adjacent to an activating group) is 1. The summed E-state index contributed by atoms with van der Waals surface area (Å²) in [6.45, 7) is 6.91. The van der Waals surface area contributed by atoms with Crippen molar-refractivity contribution in [3.8, 4) is 11.5 Å². The molecule has 0 aliphatic carbocycles. The second-order valence-corrected chi connectivity index (χ2v) is 4.88. The van der Waals surface area contributed by atoms with Gasteiger partial charge in [-0.05, 0) is 32.0 Å². The van der Waals surface area contributed by atoms with E-state index < -0.39 is 0 Å². The molecule has 120 valence electrons. The minimum absolute atomic E-state index is 0.0105. The maximum absolute atomic E-state index is 12.0. The summed E-state index contributed by atoms with van der Waals surface area (Å²) < 4.78 is 11.0. The molecule has 0 unspecified atom stereocenters. The van der Waals surface area contributed by atoms with Crippen molar-refractivity contribution in [3.63, 3.8) is 0 Å². The van der Waals surface area contributed by atoms with Crippen molar-refractivity contribution < 1.29 is 14.3 Å². The molecule has 0 bridgehead atoms. The number of amides is 1. The minimum Gasteiger partial charge on any atom is -0.493 e. The van der Waals surface area contributed by atoms with E-state index in [0.29, 0.717) is 24.6 Å². The number of carbonyl (C=O) groups is 1. The Hall–Kier alpha value is -2.24. The van der Waals surface area contributed by atoms with Gasteiger partial charge in [-0.2, -0.15) is 0 Å². The van der Waals surface area contributed by atoms with Gasteiger partial charge in [0.25, 0.3) is 5.91 Å². The lowest BCUT2D eigenvalue weighted by Crippen LogP contribution is -2.34. The number of ether oxygens (including phenoxy) is 2. The minimum atomic E-state index is -0.0297. The van der Waals surface area contributed by atoms with Crippen LogP contribution in [0.2, 0.25) is 0 Å². The van der Waals surface area contributed by atoms with E-state index in [1.807, 2.05) is 32.0 Å². The van der Waals surface area contributed by atoms with E-state index in [2.05, 4.69) is 10.3 Å². The summed E-state index contributed by atoms with van der Waals surface area (Å²) in [7, 11) is 1.59. The number of benzene rings is 1. The van der Waals surface area contributed by atoms with Gasteiger partial charge >= 0.3 is 0 Å². The molecule has 1 aliphatic heterocycles. The van der Waals surface area contributed by atoms with E-state index in [1.54, 1.807) is 12.0 Å². The van der Waals surface area contributed by atoms with Crippen LogP contribution in [0.3, 0.4) is 0 Å². The quantitative estimate of drug-likeness (QED) is 0.824. The zero-order chi connectivity index (χ0) is 15.9. The van der Waals surface area contributed by atoms with Crippen LogP contribution in [0.15, 0.2) is 23.2 Å². The number of hydrogen-bond acceptors (Lipinski definition) is 5. The Morgan fingerprint density at radius 2 is 2.09 bits per heavy atom. The number of methoxy groups -OCH3 is 1. The van der Waals surface area contributed by atoms with Crippen LogP contribution in [0, 0.1) is 0 Å². The van der Waals surface area contributed by atoms with Gasteiger partial charge in [-0.1, -0.05) is 0 Å². The molecule has 22 heavy (non-hydrogen) atoms. The Morgan fingerprint density at radius 1 is 1.32 bits per heavy atom. The average molecular weight is 305 g/mol. The second kappa shape index (κ2) is 7.68. The first-order valence-corrected chi connectivity index (χ1v) is 7.56. The van der Waals surface area contributed by atoms with Gasteiger partial charge in [-0.15, -0.1) is 0 Å². The number of amidine groups is 1. The summed E-state index contributed by atoms with van der Waals surface area (Å²) >= 11 is 0. The third kappa shape index (κ3) is 3.69. The van der Waals surface area contributed by atoms with Gasteiger partial charge in [-0.25, -0.2) is 0 Å². The predicted octanol–water partition coefficient (Wildman–Crippen LogP) is 1.29. The molecule has 1 aliphatic rings. The molecule has 0 saturated carbocycles. The summed E-state index contributed by atoms with van der Waals surface area (Å²) in [5.41, 5.74) is 0.955. The maximum Gasteiger partial charge on any atom is 0.260 e. The highest BCUT2D eigenvalue weighted by molar-refractivity contribution is 6.00. The molecule has 1 amide bonds. The second-order valence-electron chi connectivity index (χ2n) is 4.88. The van der Waals surface area contributed by atoms with E-state index in [0.717, 1.165) is 24.5 Å². The summed E-state index contributed by atoms with van der Waals surface area (Å²) in [6, 6.07) is 5.59. The molecule has 0 aromatic heterocycles. The van der Waals surface area contributed by atoms with Crippen molar-refractivity contribution >= 4 is 11.7 Å². The van der Waals surface area contributed by atoms with Crippen molar-refractivity contribution in [2.24, 2.45) is 4.99 Å². The smallest absolute Gasteiger partial charge is 0.260 e. The van der Waals surface area contributed by atoms with Crippen LogP contribution in [0.1, 0.15) is 19.4 Å². The molecule has 0 fully saturated rings. The summed E-state index contributed by atoms with van der Waals surface area (Å²) in [5, 5.41) is 3.22. The van der Waals surface area contributed by atoms with Gasteiger partial charge in [0.05, 0.1) is 13.7 Å². The third-order valence-corrected chi connectivity index (χ3v) is 3.58. The average Bonchev–Trinajstić information content (AvgIpc) is 3.08. The first-order valence-electron chi connectivity index (χ1n) is 7.56. The van der Waals surface area contributed by atoms with Crippen LogP contribution in [-0.2, 0) is 4.79 Å². The summed E-state index contributed by atoms with van der Waals surface area (Å²) in [6.07, 6.45) is 0. The number of rotatable bonds is 7. The summed E-state index contributed by atoms with van der Waals surface area (Å²) in [5.74, 6) is 1.99. The third-order valence-electron chi connectivity index (χ3n) is 3.58. The monoisotopic (exact) mass is 305 g/mol. The Balaban J connectivity index is 2.06. The Morgan fingerprint density at radius 3 is 2.68 bits per heavy atom. The number of nitrogens with zero attached hydrogens (tertiary/aromatic N) is 2. The van der Waals surface area contributed by atoms with Crippen LogP contribution in [0.5, 0.6) is 11.5 Å². The van der Waals surface area contributed by atoms with Crippen LogP contribution < -0.4 is 14.8 Å². The van der Waals surface area contributed by atoms with Crippen LogP contribution >= 0.6 is 0 Å². The molecule has 6 heteroatoms. The standard InChI is InChI=1S/C16H23N3O3/c1-4-19(5-2)15(20)11-22-13-7-6-12(10-14(13)21-3)16-17-8-9-18-16/h6-7,10H,4-5,8-9,11H2,1-3H3,(H,17,18). The molecule has 0 spiro atoms. The fourth-order valence-corrected chi connectivity index (χ4v) is 2.33. The van der Waals surface area contributed by atoms with Crippen LogP contribution in [0.4, 0.5) is 0 Å². The largest absolute Gasteiger partial charge is 0.493 e. The van der Waals surface area contributed by atoms with Crippen molar-refractivity contribution in [2.75, 3.05) is 39.9 Å². The number of nitrogens with one attached hydrogen (secondary N) is 1. The van der Waals surface area contributed by atoms with Crippen molar-refractivity contribution in [3.05, 3.63) is 23.8 Å². The van der Waals surface area contributed by atoms with Crippen LogP contribution in [0.25, 0.3) is 0 Å². The van der Waals surface area contributed by atoms with E-state index in [9.17, 15) is 4.79 Å². The van der Waals surface area contributed by atoms with Gasteiger partial charge in [0.15, 0.2) is 18.1 Å². The molecule has 0 atom stereocenters. The highest BCUT2D eigenvalue weighted by atomic mass is 16.5. The van der Waals surface area contributed by atoms with Gasteiger partial charge < -0.3 is 19.7 Å². The lowest BCUT2D eigenvalue weighted by Gasteiger charge is -2.19. The van der Waals surface area contributed by atoms with Crippen molar-refractivity contribution in [1.29, 1.82) is 0 Å². The van der Waals surface area contributed by atoms with Gasteiger partial charge in [0.1, 0.15) is 5.84 Å². The van der Waals surface area contributed by atoms with E-state index in [-0.39, 0.29) is 12.5 Å². The van der Waals surface area contributed by atoms with Crippen molar-refractivity contribution in [2.45, 2.75) is 13.8 Å². The van der Waals surface area contributed by atoms with Gasteiger partial charge in [-0.3, -0.25) is 9.79 Å². The zero-order valence-electron chi connectivity index (χ0n) is 13.4. The fourth-order valence-electron chi connectivity index (χ4n) is 2.33. The molecule has 1 N–H and O–H groups in total. The van der Waals surface area contributed by atoms with E-state index in [1.165, 1.54) is 0 Å². The first-order chi connectivity index (χ1) is 10.7. The number of hydrogen-bond donors (Lipinski definition) is 1. The molecule has 1 aromatic carbocycles. The highest BCUT2D eigenvalue weighted by Gasteiger charge is 2.14. The maximum atomic E-state index is 12.0. The Bertz CT molecular complexity index is 554. The number of aliphatic imine (C=N–C) groups is 1. The SMILES string of the molecule is CCN(CC)C(=O)COc1ccc(C2=NCCN2)cc1OC. The zero-order valence-corrected chi connectivity index (χ0v) is 13.4. The van der Waals surface area contributed by atoms with Crippen molar-refractivity contribution in [1.82, 2.24) is 10.2 Å². The molecule has 1 aromatic rings. The van der Waals surface area contributed by atoms with Crippen LogP contribution in [-0.4, -0.2) is 56.5 Å². The van der Waals surface area contributed by atoms with E-state index >= 15 is 0 Å². The lowest BCUT2D eigenvalue weighted by molar-refractivity contribution is -0.132. The predicted molar refractivity (Wildman–Crippen MR) is 85.8 cm³/mol. The lowest BCUT2D eigenvalue weighted by atomic mass is 10.2. The highest BCUT2D eigenvalue weighted by Crippen LogP contribution is 2.28. The molecule has 0 radical (unpaired) electrons. The first kappa shape index (κ1) is 16.1. The molecule has 0 saturated heterocycles. The van der Waals surface area contributed by atoms with E-state index in [4.69, 9.17) is 9.47 Å². The normalized spacial score (nSPS) is 13.3. The molecular weight excluding hydrogens is 282 g/mol. The Labute approximate surface area is 131 Å². The molecular formula is C16H23N3O3. The topological polar surface area (TPSA) is 63.2 Å². The number of carbonyl (C=O) groups excluding carboxylic acids is 1. The fraction of sp³-hybridized carbons (Fsp3) is 0.500. The summed E-state index contributed by atoms with van der Waals surface area (Å²) in [4.78, 5) is 18.1. The molecule has 1 heterocycles. The van der Waals surface area contributed by atoms with Gasteiger partial charge in [0, 0.05) is 25.2 Å².